The molecule has 0 saturated heterocycles. The molecule has 0 unspecified atom stereocenters. The number of hydrogen-bond acceptors (Lipinski definition) is 5. The van der Waals surface area contributed by atoms with Crippen molar-refractivity contribution in [3.8, 4) is 17.3 Å². The summed E-state index contributed by atoms with van der Waals surface area (Å²) >= 11 is 0. The van der Waals surface area contributed by atoms with Crippen LogP contribution in [0.25, 0.3) is 11.4 Å². The molecule has 6 heteroatoms. The highest BCUT2D eigenvalue weighted by Crippen LogP contribution is 2.26. The molecule has 0 fully saturated rings. The molecule has 0 aliphatic carbocycles. The van der Waals surface area contributed by atoms with Crippen molar-refractivity contribution in [2.24, 2.45) is 0 Å². The summed E-state index contributed by atoms with van der Waals surface area (Å²) in [6, 6.07) is 3.56. The van der Waals surface area contributed by atoms with Gasteiger partial charge in [-0.2, -0.15) is 0 Å². The van der Waals surface area contributed by atoms with E-state index in [2.05, 4.69) is 15.0 Å². The SMILES string of the molecule is CCOc1ncccc1-c1ncc(F)c(N(C)C)n1. The van der Waals surface area contributed by atoms with Crippen molar-refractivity contribution in [3.05, 3.63) is 30.3 Å². The summed E-state index contributed by atoms with van der Waals surface area (Å²) in [7, 11) is 3.45. The summed E-state index contributed by atoms with van der Waals surface area (Å²) in [5.41, 5.74) is 0.646. The van der Waals surface area contributed by atoms with E-state index in [-0.39, 0.29) is 5.82 Å². The van der Waals surface area contributed by atoms with Crippen LogP contribution in [0, 0.1) is 5.82 Å². The van der Waals surface area contributed by atoms with Gasteiger partial charge in [-0.25, -0.2) is 19.3 Å². The Balaban J connectivity index is 2.50. The molecule has 19 heavy (non-hydrogen) atoms. The maximum atomic E-state index is 13.6. The number of hydrogen-bond donors (Lipinski definition) is 0. The highest BCUT2D eigenvalue weighted by atomic mass is 19.1. The van der Waals surface area contributed by atoms with Crippen LogP contribution in [0.5, 0.6) is 5.88 Å². The van der Waals surface area contributed by atoms with Crippen LogP contribution in [-0.2, 0) is 0 Å². The lowest BCUT2D eigenvalue weighted by Gasteiger charge is -2.13. The molecule has 2 rings (SSSR count). The summed E-state index contributed by atoms with van der Waals surface area (Å²) < 4.78 is 19.0. The summed E-state index contributed by atoms with van der Waals surface area (Å²) in [5.74, 6) is 0.606. The smallest absolute Gasteiger partial charge is 0.224 e. The van der Waals surface area contributed by atoms with Crippen LogP contribution >= 0.6 is 0 Å². The van der Waals surface area contributed by atoms with Crippen molar-refractivity contribution in [1.29, 1.82) is 0 Å². The highest BCUT2D eigenvalue weighted by Gasteiger charge is 2.14. The van der Waals surface area contributed by atoms with Crippen molar-refractivity contribution in [2.45, 2.75) is 6.92 Å². The van der Waals surface area contributed by atoms with Crippen molar-refractivity contribution in [3.63, 3.8) is 0 Å². The van der Waals surface area contributed by atoms with Gasteiger partial charge in [0.2, 0.25) is 5.88 Å². The van der Waals surface area contributed by atoms with E-state index < -0.39 is 5.82 Å². The lowest BCUT2D eigenvalue weighted by atomic mass is 10.2. The zero-order chi connectivity index (χ0) is 13.8. The highest BCUT2D eigenvalue weighted by molar-refractivity contribution is 5.62. The van der Waals surface area contributed by atoms with Crippen LogP contribution < -0.4 is 9.64 Å². The third-order valence-electron chi connectivity index (χ3n) is 2.44. The number of halogens is 1. The van der Waals surface area contributed by atoms with E-state index in [4.69, 9.17) is 4.74 Å². The van der Waals surface area contributed by atoms with Gasteiger partial charge in [-0.3, -0.25) is 0 Å². The van der Waals surface area contributed by atoms with Gasteiger partial charge < -0.3 is 9.64 Å². The fourth-order valence-electron chi connectivity index (χ4n) is 1.61. The van der Waals surface area contributed by atoms with Crippen molar-refractivity contribution in [1.82, 2.24) is 15.0 Å². The lowest BCUT2D eigenvalue weighted by Crippen LogP contribution is -2.14. The van der Waals surface area contributed by atoms with Crippen LogP contribution in [0.2, 0.25) is 0 Å². The topological polar surface area (TPSA) is 51.1 Å². The molecule has 0 atom stereocenters. The molecule has 0 N–H and O–H groups in total. The average molecular weight is 262 g/mol. The minimum Gasteiger partial charge on any atom is -0.477 e. The molecule has 0 bridgehead atoms. The lowest BCUT2D eigenvalue weighted by molar-refractivity contribution is 0.328. The Kier molecular flexibility index (Phi) is 3.89. The number of rotatable bonds is 4. The van der Waals surface area contributed by atoms with Crippen LogP contribution in [0.3, 0.4) is 0 Å². The second kappa shape index (κ2) is 5.60. The minimum absolute atomic E-state index is 0.233. The number of nitrogens with zero attached hydrogens (tertiary/aromatic N) is 4. The van der Waals surface area contributed by atoms with E-state index in [0.717, 1.165) is 6.20 Å². The van der Waals surface area contributed by atoms with Crippen molar-refractivity contribution >= 4 is 5.82 Å². The molecule has 100 valence electrons. The first-order valence-corrected chi connectivity index (χ1v) is 5.91. The molecule has 2 aromatic rings. The van der Waals surface area contributed by atoms with Gasteiger partial charge in [0.05, 0.1) is 18.4 Å². The van der Waals surface area contributed by atoms with Gasteiger partial charge in [0.1, 0.15) is 0 Å². The van der Waals surface area contributed by atoms with E-state index in [0.29, 0.717) is 23.9 Å². The van der Waals surface area contributed by atoms with Gasteiger partial charge >= 0.3 is 0 Å². The van der Waals surface area contributed by atoms with E-state index >= 15 is 0 Å². The first-order chi connectivity index (χ1) is 9.13. The third kappa shape index (κ3) is 2.78. The second-order valence-corrected chi connectivity index (χ2v) is 4.05. The Morgan fingerprint density at radius 2 is 2.11 bits per heavy atom. The minimum atomic E-state index is -0.462. The summed E-state index contributed by atoms with van der Waals surface area (Å²) in [6.45, 7) is 2.36. The molecule has 0 saturated carbocycles. The van der Waals surface area contributed by atoms with Crippen molar-refractivity contribution in [2.75, 3.05) is 25.6 Å². The zero-order valence-corrected chi connectivity index (χ0v) is 11.1. The molecule has 0 aromatic carbocycles. The average Bonchev–Trinajstić information content (AvgIpc) is 2.40. The van der Waals surface area contributed by atoms with E-state index in [1.54, 1.807) is 37.3 Å². The van der Waals surface area contributed by atoms with Crippen LogP contribution in [0.4, 0.5) is 10.2 Å². The van der Waals surface area contributed by atoms with Gasteiger partial charge in [-0.15, -0.1) is 0 Å². The van der Waals surface area contributed by atoms with Gasteiger partial charge in [0.25, 0.3) is 0 Å². The van der Waals surface area contributed by atoms with Gasteiger partial charge in [-0.05, 0) is 19.1 Å². The molecule has 0 aliphatic rings. The number of aromatic nitrogens is 3. The molecule has 2 heterocycles. The van der Waals surface area contributed by atoms with E-state index in [1.165, 1.54) is 0 Å². The second-order valence-electron chi connectivity index (χ2n) is 4.05. The van der Waals surface area contributed by atoms with Crippen LogP contribution in [0.15, 0.2) is 24.5 Å². The molecular formula is C13H15FN4O. The van der Waals surface area contributed by atoms with Crippen molar-refractivity contribution < 1.29 is 9.13 Å². The molecule has 5 nitrogen and oxygen atoms in total. The quantitative estimate of drug-likeness (QED) is 0.845. The van der Waals surface area contributed by atoms with Crippen LogP contribution in [0.1, 0.15) is 6.92 Å². The molecule has 0 radical (unpaired) electrons. The van der Waals surface area contributed by atoms with Gasteiger partial charge in [0, 0.05) is 20.3 Å². The van der Waals surface area contributed by atoms with Gasteiger partial charge in [-0.1, -0.05) is 0 Å². The molecule has 2 aromatic heterocycles. The number of anilines is 1. The Hall–Kier alpha value is -2.24. The van der Waals surface area contributed by atoms with E-state index in [9.17, 15) is 4.39 Å². The summed E-state index contributed by atoms with van der Waals surface area (Å²) in [5, 5.41) is 0. The zero-order valence-electron chi connectivity index (χ0n) is 11.1. The van der Waals surface area contributed by atoms with Gasteiger partial charge in [0.15, 0.2) is 17.5 Å². The maximum Gasteiger partial charge on any atom is 0.224 e. The standard InChI is InChI=1S/C13H15FN4O/c1-4-19-13-9(6-5-7-15-13)11-16-8-10(14)12(17-11)18(2)3/h5-8H,4H2,1-3H3. The Morgan fingerprint density at radius 3 is 2.79 bits per heavy atom. The Labute approximate surface area is 111 Å². The largest absolute Gasteiger partial charge is 0.477 e. The first kappa shape index (κ1) is 13.2. The first-order valence-electron chi connectivity index (χ1n) is 5.91. The Morgan fingerprint density at radius 1 is 1.32 bits per heavy atom. The Bertz CT molecular complexity index is 574. The fourth-order valence-corrected chi connectivity index (χ4v) is 1.61. The monoisotopic (exact) mass is 262 g/mol. The maximum absolute atomic E-state index is 13.6. The molecule has 0 spiro atoms. The third-order valence-corrected chi connectivity index (χ3v) is 2.44. The summed E-state index contributed by atoms with van der Waals surface area (Å²) in [6.07, 6.45) is 2.78. The predicted octanol–water partition coefficient (Wildman–Crippen LogP) is 2.14. The van der Waals surface area contributed by atoms with E-state index in [1.807, 2.05) is 6.92 Å². The molecule has 0 aliphatic heterocycles. The predicted molar refractivity (Wildman–Crippen MR) is 70.7 cm³/mol. The summed E-state index contributed by atoms with van der Waals surface area (Å²) in [4.78, 5) is 13.9. The molecule has 0 amide bonds. The number of ether oxygens (including phenoxy) is 1. The number of pyridine rings is 1. The normalized spacial score (nSPS) is 10.3. The molecular weight excluding hydrogens is 247 g/mol. The van der Waals surface area contributed by atoms with Crippen LogP contribution in [-0.4, -0.2) is 35.7 Å². The fraction of sp³-hybridized carbons (Fsp3) is 0.308.